The molecule has 1 fully saturated rings. The van der Waals surface area contributed by atoms with Crippen LogP contribution in [0.25, 0.3) is 0 Å². The summed E-state index contributed by atoms with van der Waals surface area (Å²) in [7, 11) is 0. The molecule has 1 aromatic carbocycles. The Morgan fingerprint density at radius 3 is 2.55 bits per heavy atom. The van der Waals surface area contributed by atoms with Crippen molar-refractivity contribution in [3.05, 3.63) is 34.4 Å². The van der Waals surface area contributed by atoms with Crippen molar-refractivity contribution in [1.29, 1.82) is 0 Å². The molecular weight excluding hydrogens is 274 g/mol. The van der Waals surface area contributed by atoms with Crippen LogP contribution in [0.5, 0.6) is 0 Å². The zero-order chi connectivity index (χ0) is 16.1. The number of hydrogen-bond donors (Lipinski definition) is 2. The summed E-state index contributed by atoms with van der Waals surface area (Å²) in [5.74, 6) is 0.835. The molecule has 0 amide bonds. The Labute approximate surface area is 133 Å². The summed E-state index contributed by atoms with van der Waals surface area (Å²) < 4.78 is 0. The van der Waals surface area contributed by atoms with Crippen molar-refractivity contribution < 1.29 is 0 Å². The fourth-order valence-corrected chi connectivity index (χ4v) is 2.84. The van der Waals surface area contributed by atoms with Crippen LogP contribution in [0.4, 0.5) is 0 Å². The van der Waals surface area contributed by atoms with Crippen molar-refractivity contribution in [3.8, 4) is 0 Å². The molecule has 0 aromatic heterocycles. The third-order valence-corrected chi connectivity index (χ3v) is 4.36. The molecule has 0 spiro atoms. The van der Waals surface area contributed by atoms with Crippen LogP contribution in [-0.2, 0) is 6.54 Å². The van der Waals surface area contributed by atoms with Gasteiger partial charge in [0.2, 0.25) is 5.96 Å². The van der Waals surface area contributed by atoms with E-state index in [9.17, 15) is 0 Å². The highest BCUT2D eigenvalue weighted by molar-refractivity contribution is 5.83. The second-order valence-electron chi connectivity index (χ2n) is 6.36. The summed E-state index contributed by atoms with van der Waals surface area (Å²) in [5.41, 5.74) is 15.5. The first-order valence-corrected chi connectivity index (χ1v) is 7.90. The lowest BCUT2D eigenvalue weighted by Gasteiger charge is -2.30. The van der Waals surface area contributed by atoms with Crippen LogP contribution in [0.15, 0.2) is 22.3 Å². The van der Waals surface area contributed by atoms with Crippen LogP contribution in [0.2, 0.25) is 0 Å². The monoisotopic (exact) mass is 301 g/mol. The maximum Gasteiger partial charge on any atom is 0.211 e. The summed E-state index contributed by atoms with van der Waals surface area (Å²) in [6.07, 6.45) is 4.31. The number of likely N-dealkylation sites (tertiary alicyclic amines) is 1. The Kier molecular flexibility index (Phi) is 5.55. The summed E-state index contributed by atoms with van der Waals surface area (Å²) >= 11 is 0. The van der Waals surface area contributed by atoms with Crippen LogP contribution in [0.1, 0.15) is 42.0 Å². The smallest absolute Gasteiger partial charge is 0.211 e. The maximum absolute atomic E-state index is 5.29. The summed E-state index contributed by atoms with van der Waals surface area (Å²) in [4.78, 5) is 2.54. The molecule has 1 heterocycles. The zero-order valence-electron chi connectivity index (χ0n) is 13.8. The number of nitrogens with zero attached hydrogens (tertiary/aromatic N) is 3. The van der Waals surface area contributed by atoms with Crippen molar-refractivity contribution in [1.82, 2.24) is 4.90 Å². The molecule has 1 aliphatic rings. The van der Waals surface area contributed by atoms with E-state index < -0.39 is 0 Å². The van der Waals surface area contributed by atoms with Crippen LogP contribution in [-0.4, -0.2) is 30.2 Å². The zero-order valence-corrected chi connectivity index (χ0v) is 13.8. The third kappa shape index (κ3) is 4.56. The molecule has 2 rings (SSSR count). The topological polar surface area (TPSA) is 80.0 Å². The van der Waals surface area contributed by atoms with E-state index in [0.29, 0.717) is 0 Å². The fraction of sp³-hybridized carbons (Fsp3) is 0.529. The van der Waals surface area contributed by atoms with Gasteiger partial charge in [-0.05, 0) is 74.0 Å². The van der Waals surface area contributed by atoms with Crippen molar-refractivity contribution in [2.45, 2.75) is 40.2 Å². The number of benzene rings is 1. The summed E-state index contributed by atoms with van der Waals surface area (Å²) in [6.45, 7) is 9.97. The first kappa shape index (κ1) is 16.5. The van der Waals surface area contributed by atoms with Crippen LogP contribution < -0.4 is 11.5 Å². The second kappa shape index (κ2) is 7.40. The largest absolute Gasteiger partial charge is 0.369 e. The molecule has 1 aromatic rings. The van der Waals surface area contributed by atoms with E-state index in [1.54, 1.807) is 6.21 Å². The Morgan fingerprint density at radius 2 is 1.91 bits per heavy atom. The molecule has 0 aliphatic carbocycles. The van der Waals surface area contributed by atoms with Gasteiger partial charge in [-0.3, -0.25) is 4.90 Å². The molecule has 0 radical (unpaired) electrons. The lowest BCUT2D eigenvalue weighted by molar-refractivity contribution is 0.185. The molecule has 0 atom stereocenters. The quantitative estimate of drug-likeness (QED) is 0.508. The predicted octanol–water partition coefficient (Wildman–Crippen LogP) is 2.14. The molecule has 0 saturated carbocycles. The molecule has 0 unspecified atom stereocenters. The van der Waals surface area contributed by atoms with Gasteiger partial charge in [-0.1, -0.05) is 13.0 Å². The van der Waals surface area contributed by atoms with Gasteiger partial charge < -0.3 is 11.5 Å². The molecule has 120 valence electrons. The first-order chi connectivity index (χ1) is 10.5. The van der Waals surface area contributed by atoms with Crippen molar-refractivity contribution in [2.75, 3.05) is 13.1 Å². The number of rotatable bonds is 4. The Morgan fingerprint density at radius 1 is 1.23 bits per heavy atom. The number of nitrogens with two attached hydrogens (primary N) is 2. The molecular formula is C17H27N5. The van der Waals surface area contributed by atoms with E-state index in [2.05, 4.69) is 48.0 Å². The van der Waals surface area contributed by atoms with Gasteiger partial charge in [-0.15, -0.1) is 5.10 Å². The molecule has 1 aliphatic heterocycles. The number of aryl methyl sites for hydroxylation is 2. The second-order valence-corrected chi connectivity index (χ2v) is 6.36. The van der Waals surface area contributed by atoms with Gasteiger partial charge in [-0.2, -0.15) is 5.10 Å². The highest BCUT2D eigenvalue weighted by Gasteiger charge is 2.16. The predicted molar refractivity (Wildman–Crippen MR) is 93.0 cm³/mol. The van der Waals surface area contributed by atoms with Crippen molar-refractivity contribution in [3.63, 3.8) is 0 Å². The average Bonchev–Trinajstić information content (AvgIpc) is 2.45. The van der Waals surface area contributed by atoms with E-state index in [-0.39, 0.29) is 5.96 Å². The number of hydrogen-bond acceptors (Lipinski definition) is 3. The lowest BCUT2D eigenvalue weighted by Crippen LogP contribution is -2.32. The third-order valence-electron chi connectivity index (χ3n) is 4.36. The Balaban J connectivity index is 2.14. The summed E-state index contributed by atoms with van der Waals surface area (Å²) in [5, 5.41) is 7.60. The van der Waals surface area contributed by atoms with Crippen LogP contribution in [0.3, 0.4) is 0 Å². The molecule has 5 heteroatoms. The highest BCUT2D eigenvalue weighted by Crippen LogP contribution is 2.21. The highest BCUT2D eigenvalue weighted by atomic mass is 15.3. The van der Waals surface area contributed by atoms with Crippen LogP contribution in [0, 0.1) is 19.8 Å². The van der Waals surface area contributed by atoms with E-state index in [4.69, 9.17) is 11.5 Å². The number of guanidine groups is 1. The molecule has 22 heavy (non-hydrogen) atoms. The van der Waals surface area contributed by atoms with E-state index in [1.165, 1.54) is 42.6 Å². The van der Waals surface area contributed by atoms with Gasteiger partial charge >= 0.3 is 0 Å². The fourth-order valence-electron chi connectivity index (χ4n) is 2.84. The maximum atomic E-state index is 5.29. The van der Waals surface area contributed by atoms with Crippen molar-refractivity contribution in [2.24, 2.45) is 27.6 Å². The van der Waals surface area contributed by atoms with Gasteiger partial charge in [0.05, 0.1) is 6.21 Å². The molecule has 1 saturated heterocycles. The normalized spacial score (nSPS) is 17.0. The van der Waals surface area contributed by atoms with Gasteiger partial charge in [0.25, 0.3) is 0 Å². The van der Waals surface area contributed by atoms with Crippen LogP contribution >= 0.6 is 0 Å². The van der Waals surface area contributed by atoms with Gasteiger partial charge in [0.15, 0.2) is 0 Å². The van der Waals surface area contributed by atoms with Gasteiger partial charge in [-0.25, -0.2) is 0 Å². The summed E-state index contributed by atoms with van der Waals surface area (Å²) in [6, 6.07) is 4.41. The minimum absolute atomic E-state index is 0.0244. The Bertz CT molecular complexity index is 565. The molecule has 0 bridgehead atoms. The Hall–Kier alpha value is -1.88. The number of piperidine rings is 1. The van der Waals surface area contributed by atoms with E-state index >= 15 is 0 Å². The minimum atomic E-state index is -0.0244. The lowest BCUT2D eigenvalue weighted by atomic mass is 9.96. The molecule has 4 N–H and O–H groups in total. The van der Waals surface area contributed by atoms with Gasteiger partial charge in [0.1, 0.15) is 0 Å². The average molecular weight is 301 g/mol. The van der Waals surface area contributed by atoms with Crippen molar-refractivity contribution >= 4 is 12.2 Å². The standard InChI is InChI=1S/C17H27N5/c1-12-4-6-22(7-5-12)11-16-9-15(10-20-21-17(18)19)13(2)8-14(16)3/h8-10,12H,4-7,11H2,1-3H3,(H4,18,19,21). The molecule has 5 nitrogen and oxygen atoms in total. The first-order valence-electron chi connectivity index (χ1n) is 7.90. The minimum Gasteiger partial charge on any atom is -0.369 e. The van der Waals surface area contributed by atoms with Gasteiger partial charge in [0, 0.05) is 6.54 Å². The van der Waals surface area contributed by atoms with E-state index in [0.717, 1.165) is 18.0 Å². The van der Waals surface area contributed by atoms with E-state index in [1.807, 2.05) is 0 Å². The SMILES string of the molecule is Cc1cc(C)c(CN2CCC(C)CC2)cc1C=NN=C(N)N.